The molecule has 2 aromatic rings. The quantitative estimate of drug-likeness (QED) is 0.197. The fraction of sp³-hybridized carbons (Fsp3) is 0.133. The first-order valence-electron chi connectivity index (χ1n) is 6.83. The number of rotatable bonds is 3. The fourth-order valence-corrected chi connectivity index (χ4v) is 3.55. The zero-order chi connectivity index (χ0) is 19.4. The zero-order valence-corrected chi connectivity index (χ0v) is 17.8. The molecule has 0 aliphatic rings. The van der Waals surface area contributed by atoms with Crippen molar-refractivity contribution in [1.29, 1.82) is 0 Å². The van der Waals surface area contributed by atoms with Gasteiger partial charge in [0.2, 0.25) is 0 Å². The van der Waals surface area contributed by atoms with Crippen LogP contribution in [0, 0.1) is 6.19 Å². The van der Waals surface area contributed by atoms with Crippen LogP contribution >= 0.6 is 69.6 Å². The maximum Gasteiger partial charge on any atom is 0.330 e. The summed E-state index contributed by atoms with van der Waals surface area (Å²) in [6.45, 7) is 0. The minimum absolute atomic E-state index is 0.212. The van der Waals surface area contributed by atoms with Crippen LogP contribution in [-0.4, -0.2) is 19.0 Å². The van der Waals surface area contributed by atoms with Crippen LogP contribution in [0.2, 0.25) is 30.1 Å². The number of benzene rings is 2. The third-order valence-electron chi connectivity index (χ3n) is 2.73. The second-order valence-electron chi connectivity index (χ2n) is 5.01. The van der Waals surface area contributed by atoms with E-state index in [1.165, 1.54) is 24.3 Å². The molecule has 0 spiro atoms. The molecular formula is C15H10Cl6N5+. The van der Waals surface area contributed by atoms with Crippen LogP contribution in [0.25, 0.3) is 4.95 Å². The van der Waals surface area contributed by atoms with E-state index < -0.39 is 0 Å². The molecule has 2 rings (SSSR count). The highest BCUT2D eigenvalue weighted by atomic mass is 35.5. The molecule has 0 fully saturated rings. The van der Waals surface area contributed by atoms with Gasteiger partial charge in [-0.3, -0.25) is 0 Å². The first-order valence-corrected chi connectivity index (χ1v) is 9.10. The van der Waals surface area contributed by atoms with Gasteiger partial charge in [0, 0.05) is 10.0 Å². The molecule has 5 nitrogen and oxygen atoms in total. The number of nitrogens with zero attached hydrogens (tertiary/aromatic N) is 5. The van der Waals surface area contributed by atoms with E-state index in [4.69, 9.17) is 69.6 Å². The summed E-state index contributed by atoms with van der Waals surface area (Å²) in [5, 5.41) is 10.8. The molecule has 0 radical (unpaired) electrons. The lowest BCUT2D eigenvalue weighted by Gasteiger charge is -2.07. The SMILES string of the molecule is CN(C)C#[N+]N(N=Nc1c(Cl)cc(Cl)cc1Cl)c1c(Cl)cc(Cl)cc1Cl. The average Bonchev–Trinajstić information content (AvgIpc) is 2.49. The number of hydrogen-bond donors (Lipinski definition) is 0. The topological polar surface area (TPSA) is 35.6 Å². The third-order valence-corrected chi connectivity index (χ3v) is 4.32. The van der Waals surface area contributed by atoms with E-state index in [0.29, 0.717) is 10.0 Å². The van der Waals surface area contributed by atoms with E-state index >= 15 is 0 Å². The number of hydrogen-bond acceptors (Lipinski definition) is 3. The molecule has 0 amide bonds. The van der Waals surface area contributed by atoms with Gasteiger partial charge in [0.15, 0.2) is 5.69 Å². The highest BCUT2D eigenvalue weighted by Gasteiger charge is 2.22. The fourth-order valence-electron chi connectivity index (χ4n) is 1.69. The Hall–Kier alpha value is -1.13. The van der Waals surface area contributed by atoms with Crippen LogP contribution in [0.15, 0.2) is 34.6 Å². The monoisotopic (exact) mass is 470 g/mol. The smallest absolute Gasteiger partial charge is 0.246 e. The maximum atomic E-state index is 6.23. The lowest BCUT2D eigenvalue weighted by molar-refractivity contribution is 0.594. The molecule has 0 aliphatic carbocycles. The Kier molecular flexibility index (Phi) is 7.48. The standard InChI is InChI=1S/C15H10Cl6N5/c1-25(2)7-22-26(15-12(20)5-9(17)6-13(15)21)24-23-14-10(18)3-8(16)4-11(14)19/h3-6H,1-2H3/q+1. The Morgan fingerprint density at radius 1 is 0.808 bits per heavy atom. The van der Waals surface area contributed by atoms with Gasteiger partial charge in [-0.25, -0.2) is 4.90 Å². The summed E-state index contributed by atoms with van der Waals surface area (Å²) in [6, 6.07) is 5.98. The van der Waals surface area contributed by atoms with Crippen LogP contribution in [0.5, 0.6) is 0 Å². The predicted molar refractivity (Wildman–Crippen MR) is 111 cm³/mol. The summed E-state index contributed by atoms with van der Waals surface area (Å²) < 4.78 is 0. The van der Waals surface area contributed by atoms with E-state index in [1.807, 2.05) is 0 Å². The van der Waals surface area contributed by atoms with Crippen LogP contribution in [-0.2, 0) is 0 Å². The van der Waals surface area contributed by atoms with E-state index in [9.17, 15) is 0 Å². The lowest BCUT2D eigenvalue weighted by atomic mass is 10.3. The van der Waals surface area contributed by atoms with E-state index in [1.54, 1.807) is 19.0 Å². The van der Waals surface area contributed by atoms with Crippen molar-refractivity contribution >= 4 is 81.0 Å². The van der Waals surface area contributed by atoms with Gasteiger partial charge in [0.05, 0.1) is 39.3 Å². The minimum atomic E-state index is 0.212. The van der Waals surface area contributed by atoms with Crippen molar-refractivity contribution in [1.82, 2.24) is 4.90 Å². The Bertz CT molecular complexity index is 872. The number of halogens is 6. The van der Waals surface area contributed by atoms with E-state index in [0.717, 1.165) is 5.12 Å². The summed E-state index contributed by atoms with van der Waals surface area (Å²) in [5.41, 5.74) is 0.473. The van der Waals surface area contributed by atoms with E-state index in [2.05, 4.69) is 21.5 Å². The summed E-state index contributed by atoms with van der Waals surface area (Å²) in [4.78, 5) is 5.63. The highest BCUT2D eigenvalue weighted by molar-refractivity contribution is 6.42. The van der Waals surface area contributed by atoms with Gasteiger partial charge >= 0.3 is 6.19 Å². The van der Waals surface area contributed by atoms with Gasteiger partial charge in [0.1, 0.15) is 10.9 Å². The molecule has 0 bridgehead atoms. The molecule has 0 aromatic heterocycles. The molecule has 0 unspecified atom stereocenters. The van der Waals surface area contributed by atoms with E-state index in [-0.39, 0.29) is 31.5 Å². The molecule has 0 heterocycles. The molecule has 0 aliphatic heterocycles. The van der Waals surface area contributed by atoms with Gasteiger partial charge in [-0.05, 0) is 29.4 Å². The zero-order valence-electron chi connectivity index (χ0n) is 13.3. The normalized spacial score (nSPS) is 10.6. The van der Waals surface area contributed by atoms with Crippen molar-refractivity contribution in [3.05, 3.63) is 59.4 Å². The van der Waals surface area contributed by atoms with Crippen LogP contribution in [0.1, 0.15) is 0 Å². The van der Waals surface area contributed by atoms with Crippen LogP contribution in [0.4, 0.5) is 11.4 Å². The Balaban J connectivity index is 2.53. The summed E-state index contributed by atoms with van der Waals surface area (Å²) in [6.07, 6.45) is 2.68. The van der Waals surface area contributed by atoms with Gasteiger partial charge in [-0.15, -0.1) is 0 Å². The second kappa shape index (κ2) is 9.18. The first kappa shape index (κ1) is 21.2. The highest BCUT2D eigenvalue weighted by Crippen LogP contribution is 2.39. The second-order valence-corrected chi connectivity index (χ2v) is 7.51. The number of anilines is 1. The van der Waals surface area contributed by atoms with Crippen LogP contribution in [0.3, 0.4) is 0 Å². The molecule has 0 atom stereocenters. The first-order chi connectivity index (χ1) is 12.2. The van der Waals surface area contributed by atoms with Crippen molar-refractivity contribution in [2.75, 3.05) is 19.2 Å². The Morgan fingerprint density at radius 3 is 1.73 bits per heavy atom. The maximum absolute atomic E-state index is 6.23. The molecule has 0 saturated carbocycles. The van der Waals surface area contributed by atoms with Crippen LogP contribution < -0.4 is 5.12 Å². The van der Waals surface area contributed by atoms with Crippen molar-refractivity contribution < 1.29 is 0 Å². The minimum Gasteiger partial charge on any atom is -0.246 e. The van der Waals surface area contributed by atoms with Gasteiger partial charge in [-0.1, -0.05) is 74.6 Å². The van der Waals surface area contributed by atoms with Crippen molar-refractivity contribution in [2.45, 2.75) is 0 Å². The van der Waals surface area contributed by atoms with Crippen molar-refractivity contribution in [3.8, 4) is 6.19 Å². The third kappa shape index (κ3) is 5.43. The summed E-state index contributed by atoms with van der Waals surface area (Å²) in [5.74, 6) is 0. The van der Waals surface area contributed by atoms with Crippen molar-refractivity contribution in [3.63, 3.8) is 0 Å². The van der Waals surface area contributed by atoms with Gasteiger partial charge < -0.3 is 0 Å². The largest absolute Gasteiger partial charge is 0.330 e. The van der Waals surface area contributed by atoms with Crippen molar-refractivity contribution in [2.24, 2.45) is 10.3 Å². The molecule has 11 heteroatoms. The Labute approximate surface area is 180 Å². The molecule has 136 valence electrons. The Morgan fingerprint density at radius 2 is 1.27 bits per heavy atom. The predicted octanol–water partition coefficient (Wildman–Crippen LogP) is 7.88. The summed E-state index contributed by atoms with van der Waals surface area (Å²) in [7, 11) is 3.47. The summed E-state index contributed by atoms with van der Waals surface area (Å²) >= 11 is 36.5. The molecule has 0 N–H and O–H groups in total. The average molecular weight is 473 g/mol. The molecule has 26 heavy (non-hydrogen) atoms. The molecule has 0 saturated heterocycles. The lowest BCUT2D eigenvalue weighted by Crippen LogP contribution is -2.08. The van der Waals surface area contributed by atoms with Gasteiger partial charge in [-0.2, -0.15) is 0 Å². The molecule has 2 aromatic carbocycles. The molecular weight excluding hydrogens is 463 g/mol. The van der Waals surface area contributed by atoms with Gasteiger partial charge in [0.25, 0.3) is 0 Å².